The summed E-state index contributed by atoms with van der Waals surface area (Å²) in [6, 6.07) is 1.98. The molecular formula is C11H9BrN4S2. The van der Waals surface area contributed by atoms with Crippen LogP contribution in [0.1, 0.15) is 10.6 Å². The van der Waals surface area contributed by atoms with E-state index in [2.05, 4.69) is 30.9 Å². The number of aromatic amines is 1. The van der Waals surface area contributed by atoms with Crippen LogP contribution in [0.15, 0.2) is 22.2 Å². The molecule has 7 heteroatoms. The summed E-state index contributed by atoms with van der Waals surface area (Å²) in [7, 11) is 0. The minimum absolute atomic E-state index is 0.684. The minimum atomic E-state index is 0.684. The van der Waals surface area contributed by atoms with Crippen LogP contribution in [0.5, 0.6) is 0 Å². The fraction of sp³-hybridized carbons (Fsp3) is 0.182. The molecule has 0 unspecified atom stereocenters. The number of fused-ring (bicyclic) bond motifs is 1. The first-order valence-corrected chi connectivity index (χ1v) is 7.36. The number of aromatic nitrogens is 4. The Labute approximate surface area is 121 Å². The number of hydrogen-bond acceptors (Lipinski definition) is 4. The molecule has 0 aromatic carbocycles. The van der Waals surface area contributed by atoms with Crippen molar-refractivity contribution in [3.63, 3.8) is 0 Å². The maximum Gasteiger partial charge on any atom is 0.179 e. The van der Waals surface area contributed by atoms with Crippen molar-refractivity contribution in [2.75, 3.05) is 0 Å². The molecule has 3 aromatic rings. The average Bonchev–Trinajstić information content (AvgIpc) is 2.85. The van der Waals surface area contributed by atoms with Crippen molar-refractivity contribution in [1.29, 1.82) is 0 Å². The lowest BCUT2D eigenvalue weighted by molar-refractivity contribution is 0.805. The van der Waals surface area contributed by atoms with E-state index in [1.807, 2.05) is 23.1 Å². The van der Waals surface area contributed by atoms with E-state index in [1.54, 1.807) is 17.5 Å². The number of hydrogen-bond donors (Lipinski definition) is 1. The Kier molecular flexibility index (Phi) is 3.04. The number of pyridine rings is 1. The molecular weight excluding hydrogens is 332 g/mol. The van der Waals surface area contributed by atoms with Crippen molar-refractivity contribution in [3.05, 3.63) is 37.6 Å². The van der Waals surface area contributed by atoms with Gasteiger partial charge in [-0.15, -0.1) is 11.3 Å². The number of nitrogens with zero attached hydrogens (tertiary/aromatic N) is 3. The van der Waals surface area contributed by atoms with Gasteiger partial charge in [0.25, 0.3) is 0 Å². The Hall–Kier alpha value is -1.05. The summed E-state index contributed by atoms with van der Waals surface area (Å²) in [5, 5.41) is 0. The highest BCUT2D eigenvalue weighted by molar-refractivity contribution is 9.10. The molecule has 0 spiro atoms. The average molecular weight is 341 g/mol. The van der Waals surface area contributed by atoms with Crippen LogP contribution in [-0.2, 0) is 6.54 Å². The van der Waals surface area contributed by atoms with Gasteiger partial charge in [-0.1, -0.05) is 0 Å². The molecule has 0 aliphatic heterocycles. The zero-order valence-corrected chi connectivity index (χ0v) is 12.7. The molecule has 0 saturated carbocycles. The van der Waals surface area contributed by atoms with Crippen molar-refractivity contribution in [2.24, 2.45) is 0 Å². The monoisotopic (exact) mass is 340 g/mol. The number of halogens is 1. The smallest absolute Gasteiger partial charge is 0.179 e. The Morgan fingerprint density at radius 3 is 3.06 bits per heavy atom. The third kappa shape index (κ3) is 2.02. The number of H-pyrrole nitrogens is 1. The largest absolute Gasteiger partial charge is 0.329 e. The van der Waals surface area contributed by atoms with Crippen LogP contribution < -0.4 is 0 Å². The van der Waals surface area contributed by atoms with Gasteiger partial charge in [0.2, 0.25) is 0 Å². The van der Waals surface area contributed by atoms with Crippen molar-refractivity contribution in [2.45, 2.75) is 13.5 Å². The summed E-state index contributed by atoms with van der Waals surface area (Å²) < 4.78 is 3.62. The van der Waals surface area contributed by atoms with Gasteiger partial charge in [-0.25, -0.2) is 9.97 Å². The first-order chi connectivity index (χ1) is 8.65. The normalized spacial score (nSPS) is 11.2. The first kappa shape index (κ1) is 12.0. The number of thiazole rings is 1. The highest BCUT2D eigenvalue weighted by Crippen LogP contribution is 2.20. The molecule has 3 rings (SSSR count). The van der Waals surface area contributed by atoms with E-state index in [-0.39, 0.29) is 0 Å². The first-order valence-electron chi connectivity index (χ1n) is 5.28. The summed E-state index contributed by atoms with van der Waals surface area (Å²) in [5.74, 6) is 0. The molecule has 0 radical (unpaired) electrons. The summed E-state index contributed by atoms with van der Waals surface area (Å²) in [6.07, 6.45) is 1.78. The third-order valence-electron chi connectivity index (χ3n) is 2.72. The second-order valence-electron chi connectivity index (χ2n) is 3.90. The topological polar surface area (TPSA) is 46.5 Å². The van der Waals surface area contributed by atoms with E-state index in [0.717, 1.165) is 21.3 Å². The predicted octanol–water partition coefficient (Wildman–Crippen LogP) is 3.67. The van der Waals surface area contributed by atoms with E-state index < -0.39 is 0 Å². The SMILES string of the molecule is Cc1ncsc1Cn1c(=S)[nH]c2cc(Br)cnc21. The van der Waals surface area contributed by atoms with E-state index in [4.69, 9.17) is 12.2 Å². The van der Waals surface area contributed by atoms with Gasteiger partial charge in [0, 0.05) is 15.5 Å². The van der Waals surface area contributed by atoms with Crippen LogP contribution in [0.25, 0.3) is 11.2 Å². The van der Waals surface area contributed by atoms with Crippen LogP contribution >= 0.6 is 39.5 Å². The Morgan fingerprint density at radius 2 is 2.33 bits per heavy atom. The summed E-state index contributed by atoms with van der Waals surface area (Å²) >= 11 is 10.4. The summed E-state index contributed by atoms with van der Waals surface area (Å²) in [4.78, 5) is 13.0. The molecule has 0 bridgehead atoms. The van der Waals surface area contributed by atoms with Crippen molar-refractivity contribution < 1.29 is 0 Å². The van der Waals surface area contributed by atoms with Crippen molar-refractivity contribution in [3.8, 4) is 0 Å². The molecule has 0 aliphatic rings. The van der Waals surface area contributed by atoms with Gasteiger partial charge in [0.15, 0.2) is 10.4 Å². The van der Waals surface area contributed by atoms with Crippen LogP contribution in [0, 0.1) is 11.7 Å². The number of aryl methyl sites for hydroxylation is 1. The zero-order chi connectivity index (χ0) is 12.7. The quantitative estimate of drug-likeness (QED) is 0.724. The lowest BCUT2D eigenvalue weighted by atomic mass is 10.4. The second kappa shape index (κ2) is 4.56. The molecule has 0 amide bonds. The van der Waals surface area contributed by atoms with Crippen LogP contribution in [0.4, 0.5) is 0 Å². The van der Waals surface area contributed by atoms with Crippen LogP contribution in [-0.4, -0.2) is 19.5 Å². The fourth-order valence-corrected chi connectivity index (χ4v) is 3.14. The van der Waals surface area contributed by atoms with Gasteiger partial charge in [-0.2, -0.15) is 0 Å². The van der Waals surface area contributed by atoms with Gasteiger partial charge in [-0.05, 0) is 41.1 Å². The second-order valence-corrected chi connectivity index (χ2v) is 6.14. The van der Waals surface area contributed by atoms with Crippen LogP contribution in [0.3, 0.4) is 0 Å². The molecule has 0 saturated heterocycles. The van der Waals surface area contributed by atoms with Gasteiger partial charge in [0.05, 0.1) is 23.3 Å². The van der Waals surface area contributed by atoms with Crippen LogP contribution in [0.2, 0.25) is 0 Å². The van der Waals surface area contributed by atoms with E-state index in [9.17, 15) is 0 Å². The van der Waals surface area contributed by atoms with Crippen molar-refractivity contribution >= 4 is 50.6 Å². The third-order valence-corrected chi connectivity index (χ3v) is 4.40. The maximum atomic E-state index is 5.35. The zero-order valence-electron chi connectivity index (χ0n) is 9.48. The number of imidazole rings is 1. The molecule has 0 aliphatic carbocycles. The van der Waals surface area contributed by atoms with Gasteiger partial charge in [0.1, 0.15) is 0 Å². The van der Waals surface area contributed by atoms with E-state index >= 15 is 0 Å². The number of rotatable bonds is 2. The Bertz CT molecular complexity index is 771. The van der Waals surface area contributed by atoms with E-state index in [0.29, 0.717) is 11.3 Å². The van der Waals surface area contributed by atoms with Gasteiger partial charge in [-0.3, -0.25) is 4.57 Å². The fourth-order valence-electron chi connectivity index (χ4n) is 1.79. The van der Waals surface area contributed by atoms with Gasteiger partial charge < -0.3 is 4.98 Å². The molecule has 3 aromatic heterocycles. The van der Waals surface area contributed by atoms with E-state index in [1.165, 1.54) is 4.88 Å². The highest BCUT2D eigenvalue weighted by atomic mass is 79.9. The maximum absolute atomic E-state index is 5.35. The summed E-state index contributed by atoms with van der Waals surface area (Å²) in [6.45, 7) is 2.72. The lowest BCUT2D eigenvalue weighted by Gasteiger charge is -2.02. The minimum Gasteiger partial charge on any atom is -0.329 e. The predicted molar refractivity (Wildman–Crippen MR) is 78.6 cm³/mol. The lowest BCUT2D eigenvalue weighted by Crippen LogP contribution is -2.00. The Balaban J connectivity index is 2.15. The standard InChI is InChI=1S/C11H9BrN4S2/c1-6-9(18-5-14-6)4-16-10-8(15-11(16)17)2-7(12)3-13-10/h2-3,5H,4H2,1H3,(H,15,17). The number of nitrogens with one attached hydrogen (secondary N) is 1. The molecule has 18 heavy (non-hydrogen) atoms. The Morgan fingerprint density at radius 1 is 1.50 bits per heavy atom. The molecule has 0 atom stereocenters. The molecule has 4 nitrogen and oxygen atoms in total. The van der Waals surface area contributed by atoms with Gasteiger partial charge >= 0.3 is 0 Å². The van der Waals surface area contributed by atoms with Crippen molar-refractivity contribution in [1.82, 2.24) is 19.5 Å². The summed E-state index contributed by atoms with van der Waals surface area (Å²) in [5.41, 5.74) is 4.72. The molecule has 92 valence electrons. The molecule has 3 heterocycles. The molecule has 0 fully saturated rings. The highest BCUT2D eigenvalue weighted by Gasteiger charge is 2.09. The molecule has 1 N–H and O–H groups in total.